The highest BCUT2D eigenvalue weighted by molar-refractivity contribution is 6.02. The molecule has 1 aromatic heterocycles. The molecule has 124 valence electrons. The zero-order valence-corrected chi connectivity index (χ0v) is 13.1. The summed E-state index contributed by atoms with van der Waals surface area (Å²) in [6, 6.07) is 8.36. The van der Waals surface area contributed by atoms with Gasteiger partial charge in [0.1, 0.15) is 18.1 Å². The monoisotopic (exact) mass is 329 g/mol. The Morgan fingerprint density at radius 3 is 2.62 bits per heavy atom. The second-order valence-electron chi connectivity index (χ2n) is 4.93. The van der Waals surface area contributed by atoms with E-state index < -0.39 is 6.03 Å². The summed E-state index contributed by atoms with van der Waals surface area (Å²) in [5, 5.41) is 7.09. The van der Waals surface area contributed by atoms with E-state index in [1.165, 1.54) is 6.21 Å². The van der Waals surface area contributed by atoms with Crippen LogP contribution in [-0.2, 0) is 4.79 Å². The number of hydrogen-bond acceptors (Lipinski definition) is 6. The summed E-state index contributed by atoms with van der Waals surface area (Å²) in [5.41, 5.74) is 0.807. The van der Waals surface area contributed by atoms with Crippen molar-refractivity contribution in [3.63, 3.8) is 0 Å². The van der Waals surface area contributed by atoms with Gasteiger partial charge in [-0.15, -0.1) is 0 Å². The van der Waals surface area contributed by atoms with E-state index in [-0.39, 0.29) is 12.5 Å². The average molecular weight is 329 g/mol. The van der Waals surface area contributed by atoms with Crippen LogP contribution in [0.1, 0.15) is 5.76 Å². The summed E-state index contributed by atoms with van der Waals surface area (Å²) in [5.74, 6) is 1.89. The van der Waals surface area contributed by atoms with Crippen molar-refractivity contribution >= 4 is 18.2 Å². The molecule has 3 rings (SSSR count). The maximum atomic E-state index is 11.4. The van der Waals surface area contributed by atoms with Crippen molar-refractivity contribution in [3.05, 3.63) is 36.1 Å². The topological polar surface area (TPSA) is 93.4 Å². The van der Waals surface area contributed by atoms with Crippen LogP contribution in [0, 0.1) is 0 Å². The van der Waals surface area contributed by atoms with Gasteiger partial charge in [0, 0.05) is 5.56 Å². The predicted molar refractivity (Wildman–Crippen MR) is 85.1 cm³/mol. The van der Waals surface area contributed by atoms with Crippen LogP contribution in [0.25, 0.3) is 11.3 Å². The zero-order valence-electron chi connectivity index (χ0n) is 13.1. The number of benzene rings is 1. The van der Waals surface area contributed by atoms with E-state index in [1.54, 1.807) is 38.5 Å². The lowest BCUT2D eigenvalue weighted by Crippen LogP contribution is -2.24. The normalized spacial score (nSPS) is 14.3. The molecule has 3 amide bonds. The van der Waals surface area contributed by atoms with Crippen LogP contribution < -0.4 is 14.8 Å². The molecular weight excluding hydrogens is 314 g/mol. The van der Waals surface area contributed by atoms with E-state index in [2.05, 4.69) is 10.4 Å². The summed E-state index contributed by atoms with van der Waals surface area (Å²) in [4.78, 5) is 22.5. The highest BCUT2D eigenvalue weighted by atomic mass is 16.5. The van der Waals surface area contributed by atoms with Crippen molar-refractivity contribution in [2.24, 2.45) is 5.10 Å². The third-order valence-electron chi connectivity index (χ3n) is 3.39. The number of amides is 3. The van der Waals surface area contributed by atoms with Gasteiger partial charge >= 0.3 is 6.03 Å². The van der Waals surface area contributed by atoms with Crippen molar-refractivity contribution in [2.45, 2.75) is 0 Å². The molecule has 1 N–H and O–H groups in total. The quantitative estimate of drug-likeness (QED) is 0.667. The molecule has 1 aliphatic heterocycles. The fourth-order valence-corrected chi connectivity index (χ4v) is 2.22. The molecule has 1 aliphatic rings. The molecule has 0 unspecified atom stereocenters. The number of nitrogens with zero attached hydrogens (tertiary/aromatic N) is 2. The molecule has 0 spiro atoms. The van der Waals surface area contributed by atoms with Crippen LogP contribution in [0.5, 0.6) is 11.5 Å². The Labute approximate surface area is 137 Å². The summed E-state index contributed by atoms with van der Waals surface area (Å²) >= 11 is 0. The number of ether oxygens (including phenoxy) is 2. The number of imide groups is 1. The highest BCUT2D eigenvalue weighted by Gasteiger charge is 2.26. The molecule has 0 aliphatic carbocycles. The number of urea groups is 1. The van der Waals surface area contributed by atoms with Gasteiger partial charge in [0.25, 0.3) is 0 Å². The van der Waals surface area contributed by atoms with Gasteiger partial charge in [-0.2, -0.15) is 5.10 Å². The Kier molecular flexibility index (Phi) is 4.19. The van der Waals surface area contributed by atoms with Crippen LogP contribution in [0.15, 0.2) is 39.9 Å². The van der Waals surface area contributed by atoms with Gasteiger partial charge in [0.05, 0.1) is 20.4 Å². The molecular formula is C16H15N3O5. The van der Waals surface area contributed by atoms with Crippen LogP contribution in [0.2, 0.25) is 0 Å². The van der Waals surface area contributed by atoms with Gasteiger partial charge < -0.3 is 13.9 Å². The fourth-order valence-electron chi connectivity index (χ4n) is 2.22. The van der Waals surface area contributed by atoms with Gasteiger partial charge in [0.2, 0.25) is 5.91 Å². The van der Waals surface area contributed by atoms with E-state index in [0.717, 1.165) is 10.6 Å². The number of rotatable bonds is 5. The lowest BCUT2D eigenvalue weighted by atomic mass is 10.1. The zero-order chi connectivity index (χ0) is 17.1. The molecule has 0 atom stereocenters. The first-order valence-electron chi connectivity index (χ1n) is 7.08. The molecule has 0 saturated carbocycles. The Balaban J connectivity index is 1.78. The molecule has 0 bridgehead atoms. The standard InChI is InChI=1S/C16H15N3O5/c1-22-13-5-3-10(7-14(13)23-2)12-6-4-11(24-12)8-17-19-9-15(20)18-16(19)21/h3-8H,9H2,1-2H3,(H,18,20,21). The van der Waals surface area contributed by atoms with E-state index in [4.69, 9.17) is 13.9 Å². The lowest BCUT2D eigenvalue weighted by molar-refractivity contribution is -0.118. The Bertz CT molecular complexity index is 812. The van der Waals surface area contributed by atoms with Crippen molar-refractivity contribution in [1.29, 1.82) is 0 Å². The first kappa shape index (κ1) is 15.6. The first-order chi connectivity index (χ1) is 11.6. The molecule has 2 heterocycles. The molecule has 1 fully saturated rings. The predicted octanol–water partition coefficient (Wildman–Crippen LogP) is 1.85. The molecule has 1 aromatic carbocycles. The Hall–Kier alpha value is -3.29. The van der Waals surface area contributed by atoms with E-state index >= 15 is 0 Å². The van der Waals surface area contributed by atoms with E-state index in [9.17, 15) is 9.59 Å². The van der Waals surface area contributed by atoms with Gasteiger partial charge in [-0.1, -0.05) is 0 Å². The number of methoxy groups -OCH3 is 2. The molecule has 24 heavy (non-hydrogen) atoms. The van der Waals surface area contributed by atoms with Gasteiger partial charge in [-0.05, 0) is 30.3 Å². The molecule has 2 aromatic rings. The number of carbonyl (C=O) groups excluding carboxylic acids is 2. The van der Waals surface area contributed by atoms with Gasteiger partial charge in [0.15, 0.2) is 11.5 Å². The first-order valence-corrected chi connectivity index (χ1v) is 7.08. The maximum absolute atomic E-state index is 11.4. The molecule has 1 saturated heterocycles. The Morgan fingerprint density at radius 1 is 1.17 bits per heavy atom. The van der Waals surface area contributed by atoms with Crippen LogP contribution in [0.3, 0.4) is 0 Å². The summed E-state index contributed by atoms with van der Waals surface area (Å²) in [7, 11) is 3.13. The van der Waals surface area contributed by atoms with Crippen molar-refractivity contribution in [3.8, 4) is 22.8 Å². The minimum atomic E-state index is -0.553. The second kappa shape index (κ2) is 6.45. The van der Waals surface area contributed by atoms with Crippen LogP contribution in [-0.4, -0.2) is 43.9 Å². The number of hydrazone groups is 1. The maximum Gasteiger partial charge on any atom is 0.344 e. The van der Waals surface area contributed by atoms with E-state index in [0.29, 0.717) is 23.0 Å². The molecule has 8 nitrogen and oxygen atoms in total. The van der Waals surface area contributed by atoms with Crippen LogP contribution in [0.4, 0.5) is 4.79 Å². The van der Waals surface area contributed by atoms with Crippen LogP contribution >= 0.6 is 0 Å². The number of nitrogens with one attached hydrogen (secondary N) is 1. The van der Waals surface area contributed by atoms with Gasteiger partial charge in [-0.25, -0.2) is 9.80 Å². The third kappa shape index (κ3) is 3.07. The average Bonchev–Trinajstić information content (AvgIpc) is 3.18. The van der Waals surface area contributed by atoms with Gasteiger partial charge in [-0.3, -0.25) is 10.1 Å². The van der Waals surface area contributed by atoms with Crippen molar-refractivity contribution < 1.29 is 23.5 Å². The Morgan fingerprint density at radius 2 is 1.96 bits per heavy atom. The summed E-state index contributed by atoms with van der Waals surface area (Å²) in [6.07, 6.45) is 1.38. The summed E-state index contributed by atoms with van der Waals surface area (Å²) in [6.45, 7) is -0.0986. The number of hydrogen-bond donors (Lipinski definition) is 1. The fraction of sp³-hybridized carbons (Fsp3) is 0.188. The number of furan rings is 1. The molecule has 0 radical (unpaired) electrons. The third-order valence-corrected chi connectivity index (χ3v) is 3.39. The largest absolute Gasteiger partial charge is 0.493 e. The highest BCUT2D eigenvalue weighted by Crippen LogP contribution is 2.32. The number of carbonyl (C=O) groups is 2. The summed E-state index contributed by atoms with van der Waals surface area (Å²) < 4.78 is 16.1. The second-order valence-corrected chi connectivity index (χ2v) is 4.93. The minimum Gasteiger partial charge on any atom is -0.493 e. The lowest BCUT2D eigenvalue weighted by Gasteiger charge is -2.08. The smallest absolute Gasteiger partial charge is 0.344 e. The van der Waals surface area contributed by atoms with E-state index in [1.807, 2.05) is 6.07 Å². The minimum absolute atomic E-state index is 0.0986. The van der Waals surface area contributed by atoms with Crippen molar-refractivity contribution in [2.75, 3.05) is 20.8 Å². The molecule has 8 heteroatoms. The van der Waals surface area contributed by atoms with Crippen molar-refractivity contribution in [1.82, 2.24) is 10.3 Å². The SMILES string of the molecule is COc1ccc(-c2ccc(C=NN3CC(=O)NC3=O)o2)cc1OC.